The van der Waals surface area contributed by atoms with Crippen molar-refractivity contribution in [3.8, 4) is 0 Å². The van der Waals surface area contributed by atoms with Gasteiger partial charge in [0.1, 0.15) is 5.58 Å². The van der Waals surface area contributed by atoms with Crippen LogP contribution in [0.1, 0.15) is 44.1 Å². The van der Waals surface area contributed by atoms with E-state index in [4.69, 9.17) is 4.42 Å². The summed E-state index contributed by atoms with van der Waals surface area (Å²) in [5.41, 5.74) is 5.72. The number of rotatable bonds is 2. The number of benzene rings is 2. The fourth-order valence-electron chi connectivity index (χ4n) is 4.67. The Bertz CT molecular complexity index is 1210. The monoisotopic (exact) mass is 416 g/mol. The van der Waals surface area contributed by atoms with Crippen LogP contribution in [0.3, 0.4) is 0 Å². The molecule has 5 rings (SSSR count). The molecule has 0 saturated carbocycles. The molecule has 154 valence electrons. The van der Waals surface area contributed by atoms with E-state index in [9.17, 15) is 0 Å². The quantitative estimate of drug-likeness (QED) is 0.342. The van der Waals surface area contributed by atoms with Gasteiger partial charge in [0.05, 0.1) is 10.6 Å². The zero-order chi connectivity index (χ0) is 21.0. The molecular weight excluding hydrogens is 388 g/mol. The Morgan fingerprint density at radius 2 is 1.77 bits per heavy atom. The van der Waals surface area contributed by atoms with Gasteiger partial charge < -0.3 is 9.32 Å². The largest absolute Gasteiger partial charge is 0.438 e. The highest BCUT2D eigenvalue weighted by molar-refractivity contribution is 8.00. The van der Waals surface area contributed by atoms with E-state index in [0.29, 0.717) is 22.4 Å². The molecule has 2 aromatic carbocycles. The summed E-state index contributed by atoms with van der Waals surface area (Å²) in [6.07, 6.45) is 1.79. The van der Waals surface area contributed by atoms with Crippen molar-refractivity contribution in [2.45, 2.75) is 51.3 Å². The molecule has 3 nitrogen and oxygen atoms in total. The summed E-state index contributed by atoms with van der Waals surface area (Å²) in [7, 11) is 0. The number of aryl methyl sites for hydroxylation is 1. The molecule has 0 aliphatic carbocycles. The molecule has 0 bridgehead atoms. The minimum Gasteiger partial charge on any atom is -0.438 e. The molecule has 2 aromatic heterocycles. The Balaban J connectivity index is 1.67. The van der Waals surface area contributed by atoms with Crippen LogP contribution >= 0.6 is 11.8 Å². The third-order valence-electron chi connectivity index (χ3n) is 6.12. The summed E-state index contributed by atoms with van der Waals surface area (Å²) in [6.45, 7) is 11.6. The summed E-state index contributed by atoms with van der Waals surface area (Å²) in [6, 6.07) is 19.9. The average molecular weight is 417 g/mol. The number of hydrogen-bond acceptors (Lipinski definition) is 4. The molecule has 3 atom stereocenters. The van der Waals surface area contributed by atoms with E-state index in [-0.39, 0.29) is 5.41 Å². The highest BCUT2D eigenvalue weighted by Crippen LogP contribution is 2.54. The lowest BCUT2D eigenvalue weighted by Gasteiger charge is -2.38. The average Bonchev–Trinajstić information content (AvgIpc) is 3.25. The maximum atomic E-state index is 6.03. The number of thioether (sulfide) groups is 1. The maximum Gasteiger partial charge on any atom is 0.227 e. The fraction of sp³-hybridized carbons (Fsp3) is 0.346. The van der Waals surface area contributed by atoms with Gasteiger partial charge >= 0.3 is 0 Å². The predicted molar refractivity (Wildman–Crippen MR) is 128 cm³/mol. The zero-order valence-corrected chi connectivity index (χ0v) is 19.0. The standard InChI is InChI=1S/C26H28N2OS/c1-16-14-22-20(19-12-9-13-27-24(19)29-22)15-21(16)28-17(2)23(18-10-7-6-8-11-18)30-25(28)26(3,4)5/h6-15,17,23,25H,1-5H3/t17-,23?,25?/m0/s1. The number of aromatic nitrogens is 1. The van der Waals surface area contributed by atoms with Crippen LogP contribution in [-0.4, -0.2) is 16.4 Å². The van der Waals surface area contributed by atoms with Crippen molar-refractivity contribution in [2.24, 2.45) is 5.41 Å². The van der Waals surface area contributed by atoms with E-state index in [1.807, 2.05) is 6.07 Å². The molecule has 30 heavy (non-hydrogen) atoms. The van der Waals surface area contributed by atoms with Gasteiger partial charge in [-0.15, -0.1) is 11.8 Å². The van der Waals surface area contributed by atoms with Gasteiger partial charge in [0.15, 0.2) is 0 Å². The molecule has 0 spiro atoms. The fourth-order valence-corrected chi connectivity index (χ4v) is 6.46. The van der Waals surface area contributed by atoms with Crippen LogP contribution in [0.4, 0.5) is 5.69 Å². The van der Waals surface area contributed by atoms with Crippen LogP contribution in [-0.2, 0) is 0 Å². The van der Waals surface area contributed by atoms with E-state index in [0.717, 1.165) is 16.4 Å². The summed E-state index contributed by atoms with van der Waals surface area (Å²) in [4.78, 5) is 7.06. The van der Waals surface area contributed by atoms with Gasteiger partial charge in [0.2, 0.25) is 5.71 Å². The van der Waals surface area contributed by atoms with Crippen LogP contribution in [0, 0.1) is 12.3 Å². The van der Waals surface area contributed by atoms with Gasteiger partial charge in [-0.05, 0) is 54.7 Å². The highest BCUT2D eigenvalue weighted by Gasteiger charge is 2.45. The lowest BCUT2D eigenvalue weighted by Crippen LogP contribution is -2.42. The van der Waals surface area contributed by atoms with Crippen molar-refractivity contribution in [2.75, 3.05) is 4.90 Å². The highest BCUT2D eigenvalue weighted by atomic mass is 32.2. The van der Waals surface area contributed by atoms with Gasteiger partial charge in [0, 0.05) is 28.7 Å². The van der Waals surface area contributed by atoms with E-state index >= 15 is 0 Å². The van der Waals surface area contributed by atoms with Crippen LogP contribution < -0.4 is 4.90 Å². The first kappa shape index (κ1) is 19.5. The molecule has 1 saturated heterocycles. The van der Waals surface area contributed by atoms with E-state index < -0.39 is 0 Å². The molecule has 1 fully saturated rings. The predicted octanol–water partition coefficient (Wildman–Crippen LogP) is 7.34. The van der Waals surface area contributed by atoms with Crippen molar-refractivity contribution in [3.05, 3.63) is 71.9 Å². The Kier molecular flexibility index (Phi) is 4.59. The number of fused-ring (bicyclic) bond motifs is 3. The molecule has 0 radical (unpaired) electrons. The third kappa shape index (κ3) is 3.09. The van der Waals surface area contributed by atoms with Crippen molar-refractivity contribution in [3.63, 3.8) is 0 Å². The number of hydrogen-bond donors (Lipinski definition) is 0. The van der Waals surface area contributed by atoms with E-state index in [2.05, 4.69) is 105 Å². The normalized spacial score (nSPS) is 22.3. The number of furan rings is 1. The molecule has 4 heteroatoms. The Labute approximate surface area is 182 Å². The first-order chi connectivity index (χ1) is 14.3. The first-order valence-electron chi connectivity index (χ1n) is 10.6. The van der Waals surface area contributed by atoms with Gasteiger partial charge in [-0.3, -0.25) is 0 Å². The number of pyridine rings is 1. The van der Waals surface area contributed by atoms with Gasteiger partial charge in [-0.25, -0.2) is 4.98 Å². The second-order valence-electron chi connectivity index (χ2n) is 9.43. The SMILES string of the molecule is Cc1cc2oc3ncccc3c2cc1N1C(C(C)(C)C)SC(c2ccccc2)[C@@H]1C. The smallest absolute Gasteiger partial charge is 0.227 e. The molecule has 1 aliphatic heterocycles. The van der Waals surface area contributed by atoms with Gasteiger partial charge in [-0.2, -0.15) is 0 Å². The molecule has 1 aliphatic rings. The zero-order valence-electron chi connectivity index (χ0n) is 18.2. The molecule has 0 N–H and O–H groups in total. The van der Waals surface area contributed by atoms with Crippen LogP contribution in [0.2, 0.25) is 0 Å². The van der Waals surface area contributed by atoms with Crippen molar-refractivity contribution < 1.29 is 4.42 Å². The van der Waals surface area contributed by atoms with Crippen LogP contribution in [0.15, 0.2) is 65.2 Å². The number of nitrogens with zero attached hydrogens (tertiary/aromatic N) is 2. The van der Waals surface area contributed by atoms with Gasteiger partial charge in [0.25, 0.3) is 0 Å². The molecule has 0 amide bonds. The molecule has 3 heterocycles. The summed E-state index contributed by atoms with van der Waals surface area (Å²) in [5, 5.41) is 3.05. The van der Waals surface area contributed by atoms with Crippen LogP contribution in [0.25, 0.3) is 22.1 Å². The summed E-state index contributed by atoms with van der Waals surface area (Å²) >= 11 is 2.09. The third-order valence-corrected chi connectivity index (χ3v) is 8.27. The Morgan fingerprint density at radius 1 is 1.00 bits per heavy atom. The van der Waals surface area contributed by atoms with Gasteiger partial charge in [-0.1, -0.05) is 51.1 Å². The van der Waals surface area contributed by atoms with Crippen molar-refractivity contribution in [1.82, 2.24) is 4.98 Å². The summed E-state index contributed by atoms with van der Waals surface area (Å²) in [5.74, 6) is 0. The Hall–Kier alpha value is -2.46. The van der Waals surface area contributed by atoms with Crippen LogP contribution in [0.5, 0.6) is 0 Å². The minimum atomic E-state index is 0.143. The lowest BCUT2D eigenvalue weighted by atomic mass is 9.93. The molecule has 2 unspecified atom stereocenters. The number of anilines is 1. The second-order valence-corrected chi connectivity index (χ2v) is 10.7. The molecular formula is C26H28N2OS. The first-order valence-corrected chi connectivity index (χ1v) is 11.6. The minimum absolute atomic E-state index is 0.143. The van der Waals surface area contributed by atoms with E-state index in [1.165, 1.54) is 16.8 Å². The second kappa shape index (κ2) is 7.05. The summed E-state index contributed by atoms with van der Waals surface area (Å²) < 4.78 is 6.03. The maximum absolute atomic E-state index is 6.03. The topological polar surface area (TPSA) is 29.3 Å². The Morgan fingerprint density at radius 3 is 2.50 bits per heavy atom. The molecule has 4 aromatic rings. The van der Waals surface area contributed by atoms with Crippen molar-refractivity contribution >= 4 is 39.5 Å². The van der Waals surface area contributed by atoms with Crippen molar-refractivity contribution in [1.29, 1.82) is 0 Å². The van der Waals surface area contributed by atoms with E-state index in [1.54, 1.807) is 6.20 Å². The lowest BCUT2D eigenvalue weighted by molar-refractivity contribution is 0.378.